The van der Waals surface area contributed by atoms with E-state index in [1.165, 1.54) is 44.2 Å². The normalized spacial score (nSPS) is 42.9. The molecule has 0 aliphatic heterocycles. The molecule has 4 saturated carbocycles. The summed E-state index contributed by atoms with van der Waals surface area (Å²) in [5.41, 5.74) is 7.31. The van der Waals surface area contributed by atoms with Crippen molar-refractivity contribution in [2.24, 2.45) is 17.8 Å². The first-order chi connectivity index (χ1) is 8.23. The van der Waals surface area contributed by atoms with Crippen LogP contribution in [0.1, 0.15) is 44.2 Å². The van der Waals surface area contributed by atoms with Crippen molar-refractivity contribution >= 4 is 5.82 Å². The predicted octanol–water partition coefficient (Wildman–Crippen LogP) is 2.53. The Morgan fingerprint density at radius 3 is 2.12 bits per heavy atom. The highest BCUT2D eigenvalue weighted by molar-refractivity contribution is 5.29. The Morgan fingerprint density at radius 2 is 1.59 bits per heavy atom. The number of hydrogen-bond donors (Lipinski definition) is 1. The van der Waals surface area contributed by atoms with E-state index in [0.717, 1.165) is 17.8 Å². The summed E-state index contributed by atoms with van der Waals surface area (Å²) in [6.07, 6.45) is 12.0. The summed E-state index contributed by atoms with van der Waals surface area (Å²) >= 11 is 0. The van der Waals surface area contributed by atoms with Gasteiger partial charge in [-0.05, 0) is 56.3 Å². The van der Waals surface area contributed by atoms with Gasteiger partial charge in [0.25, 0.3) is 0 Å². The average Bonchev–Trinajstić information content (AvgIpc) is 2.27. The topological polar surface area (TPSA) is 51.8 Å². The van der Waals surface area contributed by atoms with Crippen LogP contribution < -0.4 is 5.73 Å². The van der Waals surface area contributed by atoms with Gasteiger partial charge >= 0.3 is 0 Å². The van der Waals surface area contributed by atoms with Crippen LogP contribution in [0.25, 0.3) is 0 Å². The minimum atomic E-state index is 0.330. The third-order valence-electron chi connectivity index (χ3n) is 5.23. The number of nitrogens with zero attached hydrogens (tertiary/aromatic N) is 2. The van der Waals surface area contributed by atoms with Gasteiger partial charge in [-0.15, -0.1) is 0 Å². The lowest BCUT2D eigenvalue weighted by molar-refractivity contribution is -0.00730. The molecule has 4 fully saturated rings. The molecule has 0 amide bonds. The van der Waals surface area contributed by atoms with E-state index in [0.29, 0.717) is 11.2 Å². The van der Waals surface area contributed by atoms with Crippen molar-refractivity contribution in [2.75, 3.05) is 5.73 Å². The monoisotopic (exact) mass is 229 g/mol. The first kappa shape index (κ1) is 9.86. The van der Waals surface area contributed by atoms with E-state index < -0.39 is 0 Å². The van der Waals surface area contributed by atoms with E-state index >= 15 is 0 Å². The lowest BCUT2D eigenvalue weighted by Gasteiger charge is -2.56. The highest BCUT2D eigenvalue weighted by Crippen LogP contribution is 2.60. The standard InChI is InChI=1S/C14H19N3/c15-13-8-16-7-12(17-13)14-4-9-1-10(5-14)3-11(2-9)6-14/h7-11H,1-6H2,(H2,15,17). The zero-order chi connectivity index (χ0) is 11.5. The number of anilines is 1. The molecule has 5 rings (SSSR count). The Kier molecular flexibility index (Phi) is 1.86. The fraction of sp³-hybridized carbons (Fsp3) is 0.714. The minimum absolute atomic E-state index is 0.330. The van der Waals surface area contributed by atoms with Gasteiger partial charge in [-0.3, -0.25) is 4.98 Å². The van der Waals surface area contributed by atoms with Crippen molar-refractivity contribution in [3.05, 3.63) is 18.1 Å². The molecule has 17 heavy (non-hydrogen) atoms. The molecule has 0 spiro atoms. The van der Waals surface area contributed by atoms with E-state index in [9.17, 15) is 0 Å². The van der Waals surface area contributed by atoms with Gasteiger partial charge in [0.1, 0.15) is 5.82 Å². The second kappa shape index (κ2) is 3.21. The van der Waals surface area contributed by atoms with Crippen LogP contribution in [-0.2, 0) is 5.41 Å². The van der Waals surface area contributed by atoms with Gasteiger partial charge < -0.3 is 5.73 Å². The summed E-state index contributed by atoms with van der Waals surface area (Å²) in [5, 5.41) is 0. The molecule has 4 aliphatic rings. The van der Waals surface area contributed by atoms with Crippen LogP contribution in [0.2, 0.25) is 0 Å². The summed E-state index contributed by atoms with van der Waals surface area (Å²) in [4.78, 5) is 8.83. The lowest BCUT2D eigenvalue weighted by atomic mass is 9.49. The Morgan fingerprint density at radius 1 is 1.00 bits per heavy atom. The molecule has 1 heterocycles. The molecule has 4 aliphatic carbocycles. The lowest BCUT2D eigenvalue weighted by Crippen LogP contribution is -2.49. The summed E-state index contributed by atoms with van der Waals surface area (Å²) < 4.78 is 0. The number of nitrogen functional groups attached to an aromatic ring is 1. The molecule has 0 aromatic carbocycles. The number of aromatic nitrogens is 2. The number of nitrogens with two attached hydrogens (primary N) is 1. The average molecular weight is 229 g/mol. The molecule has 0 radical (unpaired) electrons. The van der Waals surface area contributed by atoms with Crippen LogP contribution in [0.4, 0.5) is 5.82 Å². The largest absolute Gasteiger partial charge is 0.382 e. The van der Waals surface area contributed by atoms with E-state index in [2.05, 4.69) is 9.97 Å². The number of hydrogen-bond acceptors (Lipinski definition) is 3. The van der Waals surface area contributed by atoms with Gasteiger partial charge in [0.2, 0.25) is 0 Å². The summed E-state index contributed by atoms with van der Waals surface area (Å²) in [5.74, 6) is 3.43. The molecule has 0 atom stereocenters. The van der Waals surface area contributed by atoms with Gasteiger partial charge in [0.15, 0.2) is 0 Å². The van der Waals surface area contributed by atoms with Crippen molar-refractivity contribution in [3.8, 4) is 0 Å². The quantitative estimate of drug-likeness (QED) is 0.805. The first-order valence-corrected chi connectivity index (χ1v) is 6.81. The maximum absolute atomic E-state index is 5.80. The minimum Gasteiger partial charge on any atom is -0.382 e. The molecule has 3 nitrogen and oxygen atoms in total. The van der Waals surface area contributed by atoms with Gasteiger partial charge in [0, 0.05) is 11.6 Å². The van der Waals surface area contributed by atoms with Gasteiger partial charge in [-0.25, -0.2) is 4.98 Å². The zero-order valence-electron chi connectivity index (χ0n) is 10.1. The van der Waals surface area contributed by atoms with Crippen molar-refractivity contribution in [3.63, 3.8) is 0 Å². The van der Waals surface area contributed by atoms with Gasteiger partial charge in [-0.2, -0.15) is 0 Å². The summed E-state index contributed by atoms with van der Waals surface area (Å²) in [6, 6.07) is 0. The van der Waals surface area contributed by atoms with Crippen LogP contribution in [0.15, 0.2) is 12.4 Å². The fourth-order valence-electron chi connectivity index (χ4n) is 5.06. The smallest absolute Gasteiger partial charge is 0.142 e. The molecule has 1 aromatic rings. The second-order valence-electron chi connectivity index (χ2n) is 6.53. The van der Waals surface area contributed by atoms with E-state index in [1.54, 1.807) is 6.20 Å². The molecular formula is C14H19N3. The highest BCUT2D eigenvalue weighted by atomic mass is 14.9. The first-order valence-electron chi connectivity index (χ1n) is 6.81. The Hall–Kier alpha value is -1.12. The molecule has 90 valence electrons. The second-order valence-corrected chi connectivity index (χ2v) is 6.53. The molecule has 1 aromatic heterocycles. The Balaban J connectivity index is 1.77. The van der Waals surface area contributed by atoms with Gasteiger partial charge in [-0.1, -0.05) is 0 Å². The summed E-state index contributed by atoms with van der Waals surface area (Å²) in [6.45, 7) is 0. The van der Waals surface area contributed by atoms with Crippen LogP contribution >= 0.6 is 0 Å². The molecule has 0 unspecified atom stereocenters. The van der Waals surface area contributed by atoms with Crippen molar-refractivity contribution in [1.29, 1.82) is 0 Å². The van der Waals surface area contributed by atoms with Crippen LogP contribution in [-0.4, -0.2) is 9.97 Å². The molecule has 3 heteroatoms. The van der Waals surface area contributed by atoms with Crippen LogP contribution in [0, 0.1) is 17.8 Å². The predicted molar refractivity (Wildman–Crippen MR) is 66.3 cm³/mol. The third-order valence-corrected chi connectivity index (χ3v) is 5.23. The van der Waals surface area contributed by atoms with E-state index in [-0.39, 0.29) is 0 Å². The molecule has 2 N–H and O–H groups in total. The van der Waals surface area contributed by atoms with Crippen molar-refractivity contribution < 1.29 is 0 Å². The molecular weight excluding hydrogens is 210 g/mol. The van der Waals surface area contributed by atoms with Gasteiger partial charge in [0.05, 0.1) is 11.9 Å². The fourth-order valence-corrected chi connectivity index (χ4v) is 5.06. The zero-order valence-corrected chi connectivity index (χ0v) is 10.1. The SMILES string of the molecule is Nc1cncc(C23CC4CC(CC(C4)C2)C3)n1. The number of rotatable bonds is 1. The van der Waals surface area contributed by atoms with Crippen molar-refractivity contribution in [1.82, 2.24) is 9.97 Å². The Labute approximate surface area is 102 Å². The third kappa shape index (κ3) is 1.41. The maximum Gasteiger partial charge on any atom is 0.142 e. The Bertz CT molecular complexity index is 419. The molecule has 0 saturated heterocycles. The highest BCUT2D eigenvalue weighted by Gasteiger charge is 2.52. The maximum atomic E-state index is 5.80. The molecule has 4 bridgehead atoms. The van der Waals surface area contributed by atoms with Crippen molar-refractivity contribution in [2.45, 2.75) is 43.9 Å². The van der Waals surface area contributed by atoms with Crippen LogP contribution in [0.3, 0.4) is 0 Å². The van der Waals surface area contributed by atoms with E-state index in [1.807, 2.05) is 6.20 Å². The summed E-state index contributed by atoms with van der Waals surface area (Å²) in [7, 11) is 0. The van der Waals surface area contributed by atoms with Crippen LogP contribution in [0.5, 0.6) is 0 Å². The van der Waals surface area contributed by atoms with E-state index in [4.69, 9.17) is 5.73 Å².